The molecule has 0 heterocycles. The number of alkyl halides is 4. The molecule has 2 rings (SSSR count). The van der Waals surface area contributed by atoms with Crippen LogP contribution in [0.2, 0.25) is 0 Å². The van der Waals surface area contributed by atoms with Gasteiger partial charge in [0.25, 0.3) is 0 Å². The summed E-state index contributed by atoms with van der Waals surface area (Å²) in [7, 11) is 0. The largest absolute Gasteiger partial charge is 0.416 e. The third-order valence-electron chi connectivity index (χ3n) is 2.99. The molecular formula is C15H10BrClF4. The van der Waals surface area contributed by atoms with Crippen molar-refractivity contribution in [2.75, 3.05) is 0 Å². The molecule has 0 fully saturated rings. The molecule has 0 saturated heterocycles. The van der Waals surface area contributed by atoms with Gasteiger partial charge in [-0.2, -0.15) is 13.2 Å². The Balaban J connectivity index is 2.16. The van der Waals surface area contributed by atoms with E-state index in [9.17, 15) is 17.6 Å². The van der Waals surface area contributed by atoms with Gasteiger partial charge in [0.1, 0.15) is 5.82 Å². The number of rotatable bonds is 3. The molecule has 0 aliphatic heterocycles. The maximum Gasteiger partial charge on any atom is 0.416 e. The molecule has 0 amide bonds. The minimum Gasteiger partial charge on any atom is -0.207 e. The molecule has 0 saturated carbocycles. The Kier molecular flexibility index (Phi) is 4.94. The highest BCUT2D eigenvalue weighted by atomic mass is 79.9. The first-order chi connectivity index (χ1) is 9.77. The van der Waals surface area contributed by atoms with Crippen molar-refractivity contribution in [3.63, 3.8) is 0 Å². The van der Waals surface area contributed by atoms with Crippen molar-refractivity contribution >= 4 is 27.5 Å². The Morgan fingerprint density at radius 1 is 1.05 bits per heavy atom. The quantitative estimate of drug-likeness (QED) is 0.443. The van der Waals surface area contributed by atoms with Crippen LogP contribution in [0.15, 0.2) is 46.9 Å². The van der Waals surface area contributed by atoms with Gasteiger partial charge < -0.3 is 0 Å². The average Bonchev–Trinajstić information content (AvgIpc) is 2.41. The van der Waals surface area contributed by atoms with E-state index in [4.69, 9.17) is 11.6 Å². The van der Waals surface area contributed by atoms with Gasteiger partial charge in [-0.05, 0) is 42.3 Å². The fourth-order valence-corrected chi connectivity index (χ4v) is 2.63. The van der Waals surface area contributed by atoms with Crippen LogP contribution in [-0.2, 0) is 12.6 Å². The number of halogens is 6. The lowest BCUT2D eigenvalue weighted by Gasteiger charge is -2.12. The van der Waals surface area contributed by atoms with Gasteiger partial charge in [-0.15, -0.1) is 11.6 Å². The molecule has 2 aromatic carbocycles. The van der Waals surface area contributed by atoms with E-state index < -0.39 is 22.9 Å². The zero-order chi connectivity index (χ0) is 15.6. The Bertz CT molecular complexity index is 623. The van der Waals surface area contributed by atoms with Crippen LogP contribution in [0.25, 0.3) is 0 Å². The summed E-state index contributed by atoms with van der Waals surface area (Å²) >= 11 is 9.40. The molecule has 21 heavy (non-hydrogen) atoms. The maximum atomic E-state index is 13.7. The molecule has 6 heteroatoms. The molecule has 0 radical (unpaired) electrons. The van der Waals surface area contributed by atoms with Crippen LogP contribution in [0.5, 0.6) is 0 Å². The molecule has 0 spiro atoms. The summed E-state index contributed by atoms with van der Waals surface area (Å²) in [6.07, 6.45) is -4.12. The third-order valence-corrected chi connectivity index (χ3v) is 3.87. The van der Waals surface area contributed by atoms with Crippen molar-refractivity contribution in [2.45, 2.75) is 18.0 Å². The highest BCUT2D eigenvalue weighted by Crippen LogP contribution is 2.32. The first-order valence-corrected chi connectivity index (χ1v) is 7.25. The summed E-state index contributed by atoms with van der Waals surface area (Å²) < 4.78 is 51.8. The van der Waals surface area contributed by atoms with Crippen LogP contribution in [0.1, 0.15) is 22.1 Å². The van der Waals surface area contributed by atoms with Gasteiger partial charge in [0.2, 0.25) is 0 Å². The van der Waals surface area contributed by atoms with Gasteiger partial charge >= 0.3 is 6.18 Å². The van der Waals surface area contributed by atoms with E-state index in [1.165, 1.54) is 18.2 Å². The number of hydrogen-bond acceptors (Lipinski definition) is 0. The second-order valence-corrected chi connectivity index (χ2v) is 5.97. The van der Waals surface area contributed by atoms with E-state index >= 15 is 0 Å². The van der Waals surface area contributed by atoms with E-state index in [0.29, 0.717) is 15.6 Å². The fourth-order valence-electron chi connectivity index (χ4n) is 1.90. The summed E-state index contributed by atoms with van der Waals surface area (Å²) in [5, 5.41) is -0.653. The summed E-state index contributed by atoms with van der Waals surface area (Å²) in [6, 6.07) is 9.12. The van der Waals surface area contributed by atoms with Crippen LogP contribution in [0, 0.1) is 5.82 Å². The van der Waals surface area contributed by atoms with Crippen molar-refractivity contribution < 1.29 is 17.6 Å². The summed E-state index contributed by atoms with van der Waals surface area (Å²) in [6.45, 7) is 0. The monoisotopic (exact) mass is 380 g/mol. The van der Waals surface area contributed by atoms with Crippen molar-refractivity contribution in [3.8, 4) is 0 Å². The van der Waals surface area contributed by atoms with Gasteiger partial charge in [-0.3, -0.25) is 0 Å². The second kappa shape index (κ2) is 6.36. The highest BCUT2D eigenvalue weighted by Gasteiger charge is 2.30. The van der Waals surface area contributed by atoms with Gasteiger partial charge in [0, 0.05) is 10.0 Å². The van der Waals surface area contributed by atoms with E-state index in [2.05, 4.69) is 15.9 Å². The molecule has 2 aromatic rings. The predicted octanol–water partition coefficient (Wildman–Crippen LogP) is 6.13. The van der Waals surface area contributed by atoms with Crippen LogP contribution in [0.4, 0.5) is 17.6 Å². The molecule has 1 unspecified atom stereocenters. The molecule has 112 valence electrons. The highest BCUT2D eigenvalue weighted by molar-refractivity contribution is 9.10. The maximum absolute atomic E-state index is 13.7. The number of hydrogen-bond donors (Lipinski definition) is 0. The normalized spacial score (nSPS) is 13.2. The SMILES string of the molecule is Fc1ccc(Br)cc1C(Cl)Cc1ccc(C(F)(F)F)cc1. The molecule has 0 bridgehead atoms. The molecule has 0 N–H and O–H groups in total. The lowest BCUT2D eigenvalue weighted by atomic mass is 10.0. The summed E-state index contributed by atoms with van der Waals surface area (Å²) in [4.78, 5) is 0. The van der Waals surface area contributed by atoms with E-state index in [1.54, 1.807) is 12.1 Å². The fraction of sp³-hybridized carbons (Fsp3) is 0.200. The topological polar surface area (TPSA) is 0 Å². The van der Waals surface area contributed by atoms with Crippen LogP contribution in [0.3, 0.4) is 0 Å². The van der Waals surface area contributed by atoms with Crippen molar-refractivity contribution in [1.29, 1.82) is 0 Å². The molecule has 0 aliphatic carbocycles. The van der Waals surface area contributed by atoms with Crippen LogP contribution >= 0.6 is 27.5 Å². The molecule has 1 atom stereocenters. The lowest BCUT2D eigenvalue weighted by molar-refractivity contribution is -0.137. The Morgan fingerprint density at radius 2 is 1.67 bits per heavy atom. The van der Waals surface area contributed by atoms with Crippen LogP contribution < -0.4 is 0 Å². The standard InChI is InChI=1S/C15H10BrClF4/c16-11-5-6-14(18)12(8-11)13(17)7-9-1-3-10(4-2-9)15(19,20)21/h1-6,8,13H,7H2. The zero-order valence-corrected chi connectivity index (χ0v) is 12.9. The molecule has 0 nitrogen and oxygen atoms in total. The molecule has 0 aromatic heterocycles. The van der Waals surface area contributed by atoms with Gasteiger partial charge in [-0.25, -0.2) is 4.39 Å². The molecular weight excluding hydrogens is 372 g/mol. The Hall–Kier alpha value is -1.07. The predicted molar refractivity (Wildman–Crippen MR) is 77.8 cm³/mol. The Morgan fingerprint density at radius 3 is 2.24 bits per heavy atom. The van der Waals surface area contributed by atoms with Crippen molar-refractivity contribution in [2.24, 2.45) is 0 Å². The molecule has 0 aliphatic rings. The first kappa shape index (κ1) is 16.3. The van der Waals surface area contributed by atoms with Crippen molar-refractivity contribution in [3.05, 3.63) is 69.4 Å². The first-order valence-electron chi connectivity index (χ1n) is 6.02. The van der Waals surface area contributed by atoms with E-state index in [0.717, 1.165) is 12.1 Å². The van der Waals surface area contributed by atoms with Gasteiger partial charge in [0.15, 0.2) is 0 Å². The van der Waals surface area contributed by atoms with E-state index in [1.807, 2.05) is 0 Å². The minimum absolute atomic E-state index is 0.243. The third kappa shape index (κ3) is 4.20. The van der Waals surface area contributed by atoms with E-state index in [-0.39, 0.29) is 6.42 Å². The number of benzene rings is 2. The van der Waals surface area contributed by atoms with Gasteiger partial charge in [-0.1, -0.05) is 28.1 Å². The second-order valence-electron chi connectivity index (χ2n) is 4.53. The summed E-state index contributed by atoms with van der Waals surface area (Å²) in [5.74, 6) is -0.440. The summed E-state index contributed by atoms with van der Waals surface area (Å²) in [5.41, 5.74) is 0.208. The smallest absolute Gasteiger partial charge is 0.207 e. The lowest BCUT2D eigenvalue weighted by Crippen LogP contribution is -2.05. The van der Waals surface area contributed by atoms with Crippen molar-refractivity contribution in [1.82, 2.24) is 0 Å². The Labute approximate surface area is 132 Å². The van der Waals surface area contributed by atoms with Crippen LogP contribution in [-0.4, -0.2) is 0 Å². The minimum atomic E-state index is -4.37. The zero-order valence-electron chi connectivity index (χ0n) is 10.6. The average molecular weight is 382 g/mol. The van der Waals surface area contributed by atoms with Gasteiger partial charge in [0.05, 0.1) is 10.9 Å².